The first-order valence-corrected chi connectivity index (χ1v) is 5.02. The van der Waals surface area contributed by atoms with Gasteiger partial charge in [0.15, 0.2) is 5.82 Å². The summed E-state index contributed by atoms with van der Waals surface area (Å²) in [5, 5.41) is 4.07. The minimum atomic E-state index is -0.371. The van der Waals surface area contributed by atoms with Gasteiger partial charge in [-0.1, -0.05) is 22.8 Å². The van der Waals surface area contributed by atoms with Crippen LogP contribution in [0.5, 0.6) is 0 Å². The number of nitrogens with two attached hydrogens (primary N) is 1. The molecule has 4 nitrogen and oxygen atoms in total. The van der Waals surface area contributed by atoms with Gasteiger partial charge < -0.3 is 10.3 Å². The summed E-state index contributed by atoms with van der Waals surface area (Å²) >= 11 is 5.87. The van der Waals surface area contributed by atoms with Crippen LogP contribution >= 0.6 is 11.6 Å². The van der Waals surface area contributed by atoms with Crippen LogP contribution in [0.15, 0.2) is 22.7 Å². The second-order valence-electron chi connectivity index (χ2n) is 3.22. The number of nitrogens with zero attached hydrogens (tertiary/aromatic N) is 2. The summed E-state index contributed by atoms with van der Waals surface area (Å²) in [5.74, 6) is 0.478. The molecule has 2 N–H and O–H groups in total. The molecule has 0 aliphatic carbocycles. The molecule has 0 aliphatic rings. The highest BCUT2D eigenvalue weighted by Gasteiger charge is 2.08. The van der Waals surface area contributed by atoms with Gasteiger partial charge in [-0.25, -0.2) is 4.39 Å². The summed E-state index contributed by atoms with van der Waals surface area (Å²) in [6.07, 6.45) is 0.391. The third kappa shape index (κ3) is 2.37. The first kappa shape index (κ1) is 11.0. The lowest BCUT2D eigenvalue weighted by atomic mass is 10.1. The van der Waals surface area contributed by atoms with E-state index < -0.39 is 0 Å². The van der Waals surface area contributed by atoms with Gasteiger partial charge in [-0.2, -0.15) is 4.98 Å². The monoisotopic (exact) mass is 241 g/mol. The fraction of sp³-hybridized carbons (Fsp3) is 0.200. The number of halogens is 2. The lowest BCUT2D eigenvalue weighted by molar-refractivity contribution is 0.375. The van der Waals surface area contributed by atoms with Gasteiger partial charge in [0.1, 0.15) is 5.82 Å². The first-order chi connectivity index (χ1) is 7.69. The minimum absolute atomic E-state index is 0.199. The number of rotatable bonds is 3. The van der Waals surface area contributed by atoms with Crippen LogP contribution in [0, 0.1) is 5.82 Å². The number of benzene rings is 1. The normalized spacial score (nSPS) is 10.7. The van der Waals surface area contributed by atoms with Crippen LogP contribution in [0.3, 0.4) is 0 Å². The fourth-order valence-electron chi connectivity index (χ4n) is 1.28. The maximum Gasteiger partial charge on any atom is 0.240 e. The maximum absolute atomic E-state index is 12.8. The first-order valence-electron chi connectivity index (χ1n) is 4.64. The molecule has 6 heteroatoms. The quantitative estimate of drug-likeness (QED) is 0.892. The van der Waals surface area contributed by atoms with Gasteiger partial charge in [0.25, 0.3) is 0 Å². The zero-order valence-corrected chi connectivity index (χ0v) is 9.04. The Bertz CT molecular complexity index is 501. The van der Waals surface area contributed by atoms with Crippen molar-refractivity contribution in [2.24, 2.45) is 5.73 Å². The Morgan fingerprint density at radius 1 is 1.44 bits per heavy atom. The van der Waals surface area contributed by atoms with Crippen molar-refractivity contribution in [3.8, 4) is 0 Å². The molecule has 84 valence electrons. The summed E-state index contributed by atoms with van der Waals surface area (Å²) in [7, 11) is 0. The molecule has 2 rings (SSSR count). The van der Waals surface area contributed by atoms with Gasteiger partial charge in [-0.3, -0.25) is 0 Å². The third-order valence-corrected chi connectivity index (χ3v) is 2.40. The zero-order chi connectivity index (χ0) is 11.5. The van der Waals surface area contributed by atoms with Crippen LogP contribution in [-0.4, -0.2) is 10.1 Å². The van der Waals surface area contributed by atoms with Crippen molar-refractivity contribution >= 4 is 11.6 Å². The lowest BCUT2D eigenvalue weighted by Gasteiger charge is -2.00. The van der Waals surface area contributed by atoms with Crippen LogP contribution in [0.1, 0.15) is 17.3 Å². The minimum Gasteiger partial charge on any atom is -0.338 e. The van der Waals surface area contributed by atoms with Crippen molar-refractivity contribution in [3.05, 3.63) is 46.3 Å². The summed E-state index contributed by atoms with van der Waals surface area (Å²) in [5.41, 5.74) is 6.08. The molecule has 0 saturated heterocycles. The Balaban J connectivity index is 2.20. The number of hydrogen-bond acceptors (Lipinski definition) is 4. The number of hydrogen-bond donors (Lipinski definition) is 1. The molecule has 0 amide bonds. The van der Waals surface area contributed by atoms with E-state index in [1.54, 1.807) is 6.07 Å². The van der Waals surface area contributed by atoms with E-state index in [1.807, 2.05) is 0 Å². The van der Waals surface area contributed by atoms with E-state index in [0.29, 0.717) is 23.2 Å². The van der Waals surface area contributed by atoms with Crippen LogP contribution in [0.4, 0.5) is 4.39 Å². The van der Waals surface area contributed by atoms with Crippen molar-refractivity contribution in [1.82, 2.24) is 10.1 Å². The molecule has 0 saturated carbocycles. The average molecular weight is 242 g/mol. The molecule has 16 heavy (non-hydrogen) atoms. The van der Waals surface area contributed by atoms with Crippen LogP contribution < -0.4 is 5.73 Å². The van der Waals surface area contributed by atoms with Crippen molar-refractivity contribution in [1.29, 1.82) is 0 Å². The molecule has 0 spiro atoms. The Morgan fingerprint density at radius 3 is 2.88 bits per heavy atom. The molecule has 1 aromatic heterocycles. The van der Waals surface area contributed by atoms with Gasteiger partial charge in [0.2, 0.25) is 5.89 Å². The summed E-state index contributed by atoms with van der Waals surface area (Å²) in [4.78, 5) is 4.03. The molecular formula is C10H9ClFN3O. The SMILES string of the molecule is NCc1nc(Cc2ccc(F)cc2Cl)no1. The van der Waals surface area contributed by atoms with Crippen LogP contribution in [-0.2, 0) is 13.0 Å². The predicted octanol–water partition coefficient (Wildman–Crippen LogP) is 1.91. The van der Waals surface area contributed by atoms with Gasteiger partial charge in [-0.15, -0.1) is 0 Å². The molecule has 0 radical (unpaired) electrons. The molecular weight excluding hydrogens is 233 g/mol. The average Bonchev–Trinajstić information content (AvgIpc) is 2.70. The maximum atomic E-state index is 12.8. The molecule has 1 aromatic carbocycles. The van der Waals surface area contributed by atoms with E-state index in [-0.39, 0.29) is 12.4 Å². The van der Waals surface area contributed by atoms with E-state index >= 15 is 0 Å². The van der Waals surface area contributed by atoms with Crippen molar-refractivity contribution < 1.29 is 8.91 Å². The van der Waals surface area contributed by atoms with E-state index in [2.05, 4.69) is 10.1 Å². The predicted molar refractivity (Wildman–Crippen MR) is 56.4 cm³/mol. The Kier molecular flexibility index (Phi) is 3.17. The zero-order valence-electron chi connectivity index (χ0n) is 8.28. The van der Waals surface area contributed by atoms with Crippen molar-refractivity contribution in [2.75, 3.05) is 0 Å². The van der Waals surface area contributed by atoms with Gasteiger partial charge in [0, 0.05) is 11.4 Å². The lowest BCUT2D eigenvalue weighted by Crippen LogP contribution is -1.97. The van der Waals surface area contributed by atoms with Gasteiger partial charge in [0.05, 0.1) is 6.54 Å². The Morgan fingerprint density at radius 2 is 2.25 bits per heavy atom. The van der Waals surface area contributed by atoms with E-state index in [0.717, 1.165) is 5.56 Å². The molecule has 0 atom stereocenters. The van der Waals surface area contributed by atoms with E-state index in [1.165, 1.54) is 12.1 Å². The Hall–Kier alpha value is -1.46. The van der Waals surface area contributed by atoms with E-state index in [9.17, 15) is 4.39 Å². The molecule has 0 bridgehead atoms. The largest absolute Gasteiger partial charge is 0.338 e. The molecule has 2 aromatic rings. The van der Waals surface area contributed by atoms with Crippen LogP contribution in [0.25, 0.3) is 0 Å². The molecule has 0 fully saturated rings. The highest BCUT2D eigenvalue weighted by atomic mass is 35.5. The smallest absolute Gasteiger partial charge is 0.240 e. The molecule has 1 heterocycles. The van der Waals surface area contributed by atoms with E-state index in [4.69, 9.17) is 21.9 Å². The summed E-state index contributed by atoms with van der Waals surface area (Å²) < 4.78 is 17.6. The molecule has 0 unspecified atom stereocenters. The summed E-state index contributed by atoms with van der Waals surface area (Å²) in [6, 6.07) is 4.18. The number of aromatic nitrogens is 2. The third-order valence-electron chi connectivity index (χ3n) is 2.05. The topological polar surface area (TPSA) is 64.9 Å². The second kappa shape index (κ2) is 4.59. The van der Waals surface area contributed by atoms with Crippen molar-refractivity contribution in [2.45, 2.75) is 13.0 Å². The highest BCUT2D eigenvalue weighted by Crippen LogP contribution is 2.19. The summed E-state index contributed by atoms with van der Waals surface area (Å²) in [6.45, 7) is 0.199. The second-order valence-corrected chi connectivity index (χ2v) is 3.63. The molecule has 0 aliphatic heterocycles. The standard InChI is InChI=1S/C10H9ClFN3O/c11-8-4-7(12)2-1-6(8)3-9-14-10(5-13)16-15-9/h1-2,4H,3,5,13H2. The van der Waals surface area contributed by atoms with Crippen LogP contribution in [0.2, 0.25) is 5.02 Å². The highest BCUT2D eigenvalue weighted by molar-refractivity contribution is 6.31. The van der Waals surface area contributed by atoms with Crippen molar-refractivity contribution in [3.63, 3.8) is 0 Å². The van der Waals surface area contributed by atoms with Gasteiger partial charge >= 0.3 is 0 Å². The Labute approximate surface area is 96.2 Å². The fourth-order valence-corrected chi connectivity index (χ4v) is 1.51. The van der Waals surface area contributed by atoms with Gasteiger partial charge in [-0.05, 0) is 17.7 Å².